The number of amides is 1. The van der Waals surface area contributed by atoms with Gasteiger partial charge in [-0.25, -0.2) is 4.98 Å². The molecule has 1 aromatic rings. The molecule has 0 radical (unpaired) electrons. The Hall–Kier alpha value is -1.49. The first-order valence-corrected chi connectivity index (χ1v) is 5.61. The van der Waals surface area contributed by atoms with E-state index in [9.17, 15) is 4.79 Å². The van der Waals surface area contributed by atoms with Crippen molar-refractivity contribution in [1.82, 2.24) is 10.3 Å². The molecule has 0 fully saturated rings. The van der Waals surface area contributed by atoms with Crippen LogP contribution in [-0.2, 0) is 4.79 Å². The van der Waals surface area contributed by atoms with Crippen molar-refractivity contribution in [2.24, 2.45) is 0 Å². The van der Waals surface area contributed by atoms with E-state index in [4.69, 9.17) is 17.3 Å². The molecule has 0 spiro atoms. The molecule has 17 heavy (non-hydrogen) atoms. The number of aromatic nitrogens is 1. The standard InChI is InChI=1S/C11H17ClN4O/c1-11(2,3)16-9(17)6-15-10-8(12)4-7(13)5-14-10/h4-5H,6,13H2,1-3H3,(H,14,15)(H,16,17). The van der Waals surface area contributed by atoms with Crippen LogP contribution >= 0.6 is 11.6 Å². The third kappa shape index (κ3) is 4.91. The van der Waals surface area contributed by atoms with E-state index < -0.39 is 0 Å². The SMILES string of the molecule is CC(C)(C)NC(=O)CNc1ncc(N)cc1Cl. The maximum Gasteiger partial charge on any atom is 0.239 e. The summed E-state index contributed by atoms with van der Waals surface area (Å²) in [6.07, 6.45) is 1.48. The highest BCUT2D eigenvalue weighted by molar-refractivity contribution is 6.33. The molecule has 6 heteroatoms. The normalized spacial score (nSPS) is 11.1. The van der Waals surface area contributed by atoms with Crippen molar-refractivity contribution >= 4 is 29.0 Å². The van der Waals surface area contributed by atoms with E-state index in [1.165, 1.54) is 6.20 Å². The molecule has 1 rings (SSSR count). The average Bonchev–Trinajstić information content (AvgIpc) is 2.13. The van der Waals surface area contributed by atoms with Crippen LogP contribution in [0, 0.1) is 0 Å². The summed E-state index contributed by atoms with van der Waals surface area (Å²) >= 11 is 5.91. The summed E-state index contributed by atoms with van der Waals surface area (Å²) < 4.78 is 0. The van der Waals surface area contributed by atoms with E-state index in [2.05, 4.69) is 15.6 Å². The number of carbonyl (C=O) groups excluding carboxylic acids is 1. The van der Waals surface area contributed by atoms with Crippen molar-refractivity contribution in [3.8, 4) is 0 Å². The van der Waals surface area contributed by atoms with Crippen LogP contribution in [0.5, 0.6) is 0 Å². The zero-order chi connectivity index (χ0) is 13.1. The zero-order valence-electron chi connectivity index (χ0n) is 10.2. The van der Waals surface area contributed by atoms with Gasteiger partial charge in [0.15, 0.2) is 0 Å². The van der Waals surface area contributed by atoms with Crippen LogP contribution < -0.4 is 16.4 Å². The van der Waals surface area contributed by atoms with Crippen LogP contribution in [0.2, 0.25) is 5.02 Å². The van der Waals surface area contributed by atoms with Crippen molar-refractivity contribution < 1.29 is 4.79 Å². The molecule has 0 aliphatic carbocycles. The van der Waals surface area contributed by atoms with Gasteiger partial charge in [0.2, 0.25) is 5.91 Å². The topological polar surface area (TPSA) is 80.0 Å². The Kier molecular flexibility index (Phi) is 4.17. The largest absolute Gasteiger partial charge is 0.397 e. The first-order chi connectivity index (χ1) is 7.78. The summed E-state index contributed by atoms with van der Waals surface area (Å²) in [6.45, 7) is 5.87. The Morgan fingerprint density at radius 2 is 2.18 bits per heavy atom. The summed E-state index contributed by atoms with van der Waals surface area (Å²) in [5, 5.41) is 6.07. The van der Waals surface area contributed by atoms with Crippen molar-refractivity contribution in [2.45, 2.75) is 26.3 Å². The fourth-order valence-electron chi connectivity index (χ4n) is 1.21. The molecule has 0 aliphatic rings. The number of nitrogen functional groups attached to an aromatic ring is 1. The van der Waals surface area contributed by atoms with Gasteiger partial charge in [-0.05, 0) is 26.8 Å². The molecule has 1 amide bonds. The molecule has 0 aromatic carbocycles. The zero-order valence-corrected chi connectivity index (χ0v) is 10.9. The minimum absolute atomic E-state index is 0.118. The minimum atomic E-state index is -0.253. The molecular formula is C11H17ClN4O. The Bertz CT molecular complexity index is 414. The van der Waals surface area contributed by atoms with Crippen molar-refractivity contribution in [2.75, 3.05) is 17.6 Å². The fourth-order valence-corrected chi connectivity index (χ4v) is 1.45. The Balaban J connectivity index is 2.53. The maximum absolute atomic E-state index is 11.5. The molecule has 0 aliphatic heterocycles. The molecule has 1 aromatic heterocycles. The van der Waals surface area contributed by atoms with E-state index in [0.29, 0.717) is 16.5 Å². The lowest BCUT2D eigenvalue weighted by Crippen LogP contribution is -2.43. The monoisotopic (exact) mass is 256 g/mol. The van der Waals surface area contributed by atoms with Gasteiger partial charge in [0.05, 0.1) is 23.5 Å². The highest BCUT2D eigenvalue weighted by Crippen LogP contribution is 2.20. The Labute approximate surface area is 106 Å². The van der Waals surface area contributed by atoms with Gasteiger partial charge in [0.1, 0.15) is 5.82 Å². The van der Waals surface area contributed by atoms with Crippen LogP contribution in [0.4, 0.5) is 11.5 Å². The van der Waals surface area contributed by atoms with Crippen molar-refractivity contribution in [3.05, 3.63) is 17.3 Å². The predicted octanol–water partition coefficient (Wildman–Crippen LogP) is 1.64. The van der Waals surface area contributed by atoms with Gasteiger partial charge in [-0.2, -0.15) is 0 Å². The van der Waals surface area contributed by atoms with Crippen LogP contribution in [0.15, 0.2) is 12.3 Å². The lowest BCUT2D eigenvalue weighted by atomic mass is 10.1. The van der Waals surface area contributed by atoms with Gasteiger partial charge < -0.3 is 16.4 Å². The number of nitrogens with one attached hydrogen (secondary N) is 2. The highest BCUT2D eigenvalue weighted by atomic mass is 35.5. The van der Waals surface area contributed by atoms with E-state index in [1.807, 2.05) is 20.8 Å². The number of pyridine rings is 1. The molecular weight excluding hydrogens is 240 g/mol. The number of carbonyl (C=O) groups is 1. The summed E-state index contributed by atoms with van der Waals surface area (Å²) in [7, 11) is 0. The Morgan fingerprint density at radius 3 is 2.71 bits per heavy atom. The quantitative estimate of drug-likeness (QED) is 0.768. The van der Waals surface area contributed by atoms with E-state index in [0.717, 1.165) is 0 Å². The summed E-state index contributed by atoms with van der Waals surface area (Å²) in [6, 6.07) is 1.58. The van der Waals surface area contributed by atoms with Crippen LogP contribution in [0.3, 0.4) is 0 Å². The fraction of sp³-hybridized carbons (Fsp3) is 0.455. The van der Waals surface area contributed by atoms with Gasteiger partial charge >= 0.3 is 0 Å². The van der Waals surface area contributed by atoms with Gasteiger partial charge in [-0.15, -0.1) is 0 Å². The van der Waals surface area contributed by atoms with E-state index >= 15 is 0 Å². The highest BCUT2D eigenvalue weighted by Gasteiger charge is 2.13. The molecule has 0 bridgehead atoms. The van der Waals surface area contributed by atoms with Crippen LogP contribution in [0.1, 0.15) is 20.8 Å². The number of halogens is 1. The summed E-state index contributed by atoms with van der Waals surface area (Å²) in [5.41, 5.74) is 5.75. The molecule has 94 valence electrons. The maximum atomic E-state index is 11.5. The Morgan fingerprint density at radius 1 is 1.53 bits per heavy atom. The van der Waals surface area contributed by atoms with Crippen molar-refractivity contribution in [3.63, 3.8) is 0 Å². The smallest absolute Gasteiger partial charge is 0.239 e. The van der Waals surface area contributed by atoms with Gasteiger partial charge in [-0.3, -0.25) is 4.79 Å². The van der Waals surface area contributed by atoms with Gasteiger partial charge in [-0.1, -0.05) is 11.6 Å². The lowest BCUT2D eigenvalue weighted by Gasteiger charge is -2.20. The van der Waals surface area contributed by atoms with Gasteiger partial charge in [0, 0.05) is 5.54 Å². The number of nitrogens with two attached hydrogens (primary N) is 1. The lowest BCUT2D eigenvalue weighted by molar-refractivity contribution is -0.120. The van der Waals surface area contributed by atoms with Crippen LogP contribution in [-0.4, -0.2) is 23.0 Å². The third-order valence-corrected chi connectivity index (χ3v) is 2.08. The molecule has 5 nitrogen and oxygen atoms in total. The molecule has 0 unspecified atom stereocenters. The average molecular weight is 257 g/mol. The number of anilines is 2. The first kappa shape index (κ1) is 13.6. The second kappa shape index (κ2) is 5.23. The first-order valence-electron chi connectivity index (χ1n) is 5.24. The molecule has 0 saturated heterocycles. The minimum Gasteiger partial charge on any atom is -0.397 e. The second-order valence-electron chi connectivity index (χ2n) is 4.75. The number of hydrogen-bond acceptors (Lipinski definition) is 4. The van der Waals surface area contributed by atoms with Crippen molar-refractivity contribution in [1.29, 1.82) is 0 Å². The second-order valence-corrected chi connectivity index (χ2v) is 5.16. The molecule has 4 N–H and O–H groups in total. The predicted molar refractivity (Wildman–Crippen MR) is 70.0 cm³/mol. The number of rotatable bonds is 3. The van der Waals surface area contributed by atoms with Gasteiger partial charge in [0.25, 0.3) is 0 Å². The van der Waals surface area contributed by atoms with E-state index in [-0.39, 0.29) is 18.0 Å². The third-order valence-electron chi connectivity index (χ3n) is 1.79. The molecule has 0 saturated carbocycles. The molecule has 1 heterocycles. The summed E-state index contributed by atoms with van der Waals surface area (Å²) in [5.74, 6) is 0.331. The molecule has 0 atom stereocenters. The van der Waals surface area contributed by atoms with Crippen LogP contribution in [0.25, 0.3) is 0 Å². The summed E-state index contributed by atoms with van der Waals surface area (Å²) in [4.78, 5) is 15.5. The number of nitrogens with zero attached hydrogens (tertiary/aromatic N) is 1. The van der Waals surface area contributed by atoms with E-state index in [1.54, 1.807) is 6.07 Å². The number of hydrogen-bond donors (Lipinski definition) is 3.